The first kappa shape index (κ1) is 48.2. The van der Waals surface area contributed by atoms with Gasteiger partial charge in [0.25, 0.3) is 0 Å². The average molecular weight is 747 g/mol. The van der Waals surface area contributed by atoms with Gasteiger partial charge in [0.2, 0.25) is 0 Å². The van der Waals surface area contributed by atoms with E-state index in [9.17, 15) is 38.7 Å². The lowest BCUT2D eigenvalue weighted by Gasteiger charge is -2.51. The van der Waals surface area contributed by atoms with Gasteiger partial charge in [-0.2, -0.15) is 0 Å². The quantitative estimate of drug-likeness (QED) is 0.0399. The summed E-state index contributed by atoms with van der Waals surface area (Å²) in [6, 6.07) is 0. The van der Waals surface area contributed by atoms with Crippen molar-refractivity contribution in [2.45, 2.75) is 195 Å². The van der Waals surface area contributed by atoms with E-state index in [-0.39, 0.29) is 19.3 Å². The molecule has 0 bridgehead atoms. The highest BCUT2D eigenvalue weighted by Gasteiger charge is 2.83. The largest absolute Gasteiger partial charge is 0.465 e. The van der Waals surface area contributed by atoms with Crippen molar-refractivity contribution >= 4 is 41.8 Å². The van der Waals surface area contributed by atoms with Gasteiger partial charge in [0.1, 0.15) is 0 Å². The third-order valence-corrected chi connectivity index (χ3v) is 7.96. The Balaban J connectivity index is 8.02. The van der Waals surface area contributed by atoms with Crippen molar-refractivity contribution in [3.63, 3.8) is 0 Å². The maximum absolute atomic E-state index is 13.4. The van der Waals surface area contributed by atoms with Crippen LogP contribution in [0.1, 0.15) is 171 Å². The van der Waals surface area contributed by atoms with Gasteiger partial charge >= 0.3 is 59.3 Å². The van der Waals surface area contributed by atoms with E-state index < -0.39 is 104 Å². The first-order chi connectivity index (χ1) is 24.6. The van der Waals surface area contributed by atoms with E-state index in [1.807, 2.05) is 0 Å². The Morgan fingerprint density at radius 1 is 0.423 bits per heavy atom. The third-order valence-electron chi connectivity index (χ3n) is 7.96. The molecule has 0 aromatic carbocycles. The smallest absolute Gasteiger partial charge is 0.454 e. The van der Waals surface area contributed by atoms with Crippen LogP contribution >= 0.6 is 0 Å². The molecule has 52 heavy (non-hydrogen) atoms. The van der Waals surface area contributed by atoms with E-state index >= 15 is 0 Å². The molecule has 1 N–H and O–H groups in total. The Bertz CT molecular complexity index is 1090. The molecule has 0 amide bonds. The monoisotopic (exact) mass is 746 g/mol. The van der Waals surface area contributed by atoms with Gasteiger partial charge in [-0.05, 0) is 12.8 Å². The van der Waals surface area contributed by atoms with Crippen molar-refractivity contribution in [3.05, 3.63) is 0 Å². The Kier molecular flexibility index (Phi) is 23.4. The lowest BCUT2D eigenvalue weighted by molar-refractivity contribution is -0.507. The molecule has 0 radical (unpaired) electrons. The van der Waals surface area contributed by atoms with Gasteiger partial charge in [0, 0.05) is 44.9 Å². The number of carbonyl (C=O) groups is 7. The molecule has 0 aliphatic carbocycles. The molecule has 0 aromatic rings. The number of ether oxygens (including phenoxy) is 7. The molecular formula is C37H62O15. The summed E-state index contributed by atoms with van der Waals surface area (Å²) in [7, 11) is 0. The van der Waals surface area contributed by atoms with Crippen LogP contribution in [0.4, 0.5) is 0 Å². The highest BCUT2D eigenvalue weighted by molar-refractivity contribution is 5.77. The number of aliphatic hydroxyl groups is 1. The van der Waals surface area contributed by atoms with Gasteiger partial charge in [-0.3, -0.25) is 33.6 Å². The fourth-order valence-corrected chi connectivity index (χ4v) is 4.95. The van der Waals surface area contributed by atoms with Crippen LogP contribution in [0.25, 0.3) is 0 Å². The molecule has 0 aliphatic heterocycles. The van der Waals surface area contributed by atoms with E-state index in [1.165, 1.54) is 54.9 Å². The average Bonchev–Trinajstić information content (AvgIpc) is 3.13. The van der Waals surface area contributed by atoms with Crippen molar-refractivity contribution in [1.82, 2.24) is 0 Å². The molecule has 0 aliphatic rings. The fraction of sp³-hybridized carbons (Fsp3) is 0.811. The molecular weight excluding hydrogens is 684 g/mol. The van der Waals surface area contributed by atoms with Crippen molar-refractivity contribution in [2.24, 2.45) is 0 Å². The maximum atomic E-state index is 13.4. The predicted molar refractivity (Wildman–Crippen MR) is 185 cm³/mol. The Labute approximate surface area is 308 Å². The molecule has 0 saturated heterocycles. The van der Waals surface area contributed by atoms with Crippen LogP contribution in [0.5, 0.6) is 0 Å². The Hall–Kier alpha value is -3.75. The molecule has 0 spiro atoms. The Morgan fingerprint density at radius 2 is 0.731 bits per heavy atom. The number of carbonyl (C=O) groups excluding carboxylic acids is 7. The number of hydrogen-bond acceptors (Lipinski definition) is 15. The van der Waals surface area contributed by atoms with Gasteiger partial charge in [-0.25, -0.2) is 0 Å². The van der Waals surface area contributed by atoms with Crippen LogP contribution in [0.3, 0.4) is 0 Å². The first-order valence-electron chi connectivity index (χ1n) is 18.9. The summed E-state index contributed by atoms with van der Waals surface area (Å²) in [5, 5.41) is 12.3. The van der Waals surface area contributed by atoms with Gasteiger partial charge in [0.15, 0.2) is 6.10 Å². The van der Waals surface area contributed by atoms with Crippen molar-refractivity contribution < 1.29 is 71.8 Å². The van der Waals surface area contributed by atoms with E-state index in [4.69, 9.17) is 33.2 Å². The van der Waals surface area contributed by atoms with Crippen LogP contribution < -0.4 is 0 Å². The number of unbranched alkanes of at least 4 members (excludes halogenated alkanes) is 9. The molecule has 15 nitrogen and oxygen atoms in total. The number of rotatable bonds is 28. The molecule has 0 rings (SSSR count). The van der Waals surface area contributed by atoms with Crippen LogP contribution in [0.2, 0.25) is 0 Å². The standard InChI is InChI=1S/C37H62O15/c1-9-17-18-19-20-21-22-23-24-25-26-27(46-28(38)10-2)35(47-29(39)11-3,48-30(40)12-4)36(49-31(41)13-5,50-32(42)14-6)37(45,51-33(43)15-7)52-34(44)16-8/h27,45H,9-26H2,1-8H3. The first-order valence-corrected chi connectivity index (χ1v) is 18.9. The molecule has 0 saturated carbocycles. The number of esters is 7. The lowest BCUT2D eigenvalue weighted by Crippen LogP contribution is -2.79. The van der Waals surface area contributed by atoms with E-state index in [2.05, 4.69) is 6.92 Å². The summed E-state index contributed by atoms with van der Waals surface area (Å²) < 4.78 is 39.1. The van der Waals surface area contributed by atoms with Gasteiger partial charge in [-0.1, -0.05) is 113 Å². The fourth-order valence-electron chi connectivity index (χ4n) is 4.95. The van der Waals surface area contributed by atoms with E-state index in [1.54, 1.807) is 0 Å². The van der Waals surface area contributed by atoms with Crippen LogP contribution in [-0.4, -0.2) is 70.5 Å². The maximum Gasteiger partial charge on any atom is 0.465 e. The molecule has 0 aromatic heterocycles. The summed E-state index contributed by atoms with van der Waals surface area (Å²) in [5.74, 6) is -19.8. The summed E-state index contributed by atoms with van der Waals surface area (Å²) in [4.78, 5) is 92.5. The number of hydrogen-bond donors (Lipinski definition) is 1. The SMILES string of the molecule is CCCCCCCCCCCCC(OC(=O)CC)C(OC(=O)CC)(OC(=O)CC)C(OC(=O)CC)(OC(=O)CC)C(O)(OC(=O)CC)OC(=O)CC. The van der Waals surface area contributed by atoms with Crippen molar-refractivity contribution in [2.75, 3.05) is 0 Å². The third kappa shape index (κ3) is 14.7. The summed E-state index contributed by atoms with van der Waals surface area (Å²) in [6.45, 7) is 11.5. The molecule has 15 heteroatoms. The van der Waals surface area contributed by atoms with Gasteiger partial charge in [-0.15, -0.1) is 0 Å². The highest BCUT2D eigenvalue weighted by Crippen LogP contribution is 2.48. The Morgan fingerprint density at radius 3 is 1.08 bits per heavy atom. The van der Waals surface area contributed by atoms with Gasteiger partial charge < -0.3 is 38.3 Å². The molecule has 1 unspecified atom stereocenters. The highest BCUT2D eigenvalue weighted by atomic mass is 16.9. The predicted octanol–water partition coefficient (Wildman–Crippen LogP) is 6.38. The second-order valence-electron chi connectivity index (χ2n) is 12.1. The van der Waals surface area contributed by atoms with Gasteiger partial charge in [0.05, 0.1) is 0 Å². The molecule has 0 fully saturated rings. The van der Waals surface area contributed by atoms with Crippen molar-refractivity contribution in [1.29, 1.82) is 0 Å². The second kappa shape index (κ2) is 25.3. The van der Waals surface area contributed by atoms with Crippen LogP contribution in [-0.2, 0) is 66.7 Å². The summed E-state index contributed by atoms with van der Waals surface area (Å²) in [6.07, 6.45) is 3.61. The minimum absolute atomic E-state index is 0.216. The normalized spacial score (nSPS) is 12.2. The summed E-state index contributed by atoms with van der Waals surface area (Å²) in [5.41, 5.74) is 0. The molecule has 0 heterocycles. The zero-order valence-corrected chi connectivity index (χ0v) is 32.5. The van der Waals surface area contributed by atoms with Crippen molar-refractivity contribution in [3.8, 4) is 0 Å². The lowest BCUT2D eigenvalue weighted by atomic mass is 9.90. The summed E-state index contributed by atoms with van der Waals surface area (Å²) >= 11 is 0. The molecule has 300 valence electrons. The van der Waals surface area contributed by atoms with E-state index in [0.717, 1.165) is 44.9 Å². The second-order valence-corrected chi connectivity index (χ2v) is 12.1. The molecule has 1 atom stereocenters. The minimum Gasteiger partial charge on any atom is -0.454 e. The van der Waals surface area contributed by atoms with Crippen LogP contribution in [0.15, 0.2) is 0 Å². The minimum atomic E-state index is -4.00. The topological polar surface area (TPSA) is 204 Å². The van der Waals surface area contributed by atoms with E-state index in [0.29, 0.717) is 6.42 Å². The van der Waals surface area contributed by atoms with Crippen LogP contribution in [0, 0.1) is 0 Å². The zero-order valence-electron chi connectivity index (χ0n) is 32.5. The zero-order chi connectivity index (χ0) is 39.8.